The molecule has 106 valence electrons. The minimum absolute atomic E-state index is 0.905. The molecule has 0 aliphatic heterocycles. The number of methoxy groups -OCH3 is 2. The lowest BCUT2D eigenvalue weighted by atomic mass is 10.3. The van der Waals surface area contributed by atoms with Crippen LogP contribution < -0.4 is 9.47 Å². The Morgan fingerprint density at radius 1 is 0.650 bits per heavy atom. The highest BCUT2D eigenvalue weighted by Gasteiger charge is 1.98. The Bertz CT molecular complexity index is 460. The third-order valence-electron chi connectivity index (χ3n) is 2.74. The molecule has 0 saturated carbocycles. The second-order valence-corrected chi connectivity index (χ2v) is 6.38. The Kier molecular flexibility index (Phi) is 6.15. The molecule has 0 heterocycles. The van der Waals surface area contributed by atoms with Gasteiger partial charge in [0, 0.05) is 21.3 Å². The molecule has 4 heteroatoms. The quantitative estimate of drug-likeness (QED) is 0.550. The Balaban J connectivity index is 1.72. The van der Waals surface area contributed by atoms with Gasteiger partial charge in [0.2, 0.25) is 0 Å². The van der Waals surface area contributed by atoms with E-state index in [0.29, 0.717) is 0 Å². The van der Waals surface area contributed by atoms with Crippen molar-refractivity contribution in [1.29, 1.82) is 0 Å². The zero-order valence-corrected chi connectivity index (χ0v) is 13.3. The minimum Gasteiger partial charge on any atom is -0.497 e. The maximum absolute atomic E-state index is 5.15. The van der Waals surface area contributed by atoms with Crippen LogP contribution in [0.2, 0.25) is 0 Å². The van der Waals surface area contributed by atoms with Gasteiger partial charge in [-0.3, -0.25) is 0 Å². The number of hydrogen-bond donors (Lipinski definition) is 0. The molecule has 2 nitrogen and oxygen atoms in total. The Labute approximate surface area is 128 Å². The maximum atomic E-state index is 5.15. The molecular weight excluding hydrogens is 288 g/mol. The lowest BCUT2D eigenvalue weighted by Gasteiger charge is -2.05. The molecule has 0 spiro atoms. The zero-order chi connectivity index (χ0) is 14.2. The number of ether oxygens (including phenoxy) is 2. The van der Waals surface area contributed by atoms with E-state index in [4.69, 9.17) is 9.47 Å². The average Bonchev–Trinajstić information content (AvgIpc) is 2.53. The van der Waals surface area contributed by atoms with Crippen LogP contribution >= 0.6 is 23.5 Å². The molecule has 0 unspecified atom stereocenters. The van der Waals surface area contributed by atoms with Crippen LogP contribution in [0, 0.1) is 0 Å². The number of hydrogen-bond acceptors (Lipinski definition) is 4. The molecule has 0 fully saturated rings. The van der Waals surface area contributed by atoms with Gasteiger partial charge in [-0.2, -0.15) is 0 Å². The van der Waals surface area contributed by atoms with Gasteiger partial charge in [-0.1, -0.05) is 0 Å². The second-order valence-electron chi connectivity index (χ2n) is 4.05. The van der Waals surface area contributed by atoms with E-state index in [1.807, 2.05) is 47.8 Å². The maximum Gasteiger partial charge on any atom is 0.118 e. The molecule has 0 bridgehead atoms. The molecule has 0 radical (unpaired) electrons. The standard InChI is InChI=1S/C16H18O2S2/c1-17-13-3-7-15(8-4-13)19-11-12-20-16-9-5-14(18-2)6-10-16/h3-10H,11-12H2,1-2H3. The highest BCUT2D eigenvalue weighted by Crippen LogP contribution is 2.25. The molecule has 2 rings (SSSR count). The third-order valence-corrected chi connectivity index (χ3v) is 5.03. The van der Waals surface area contributed by atoms with E-state index >= 15 is 0 Å². The fourth-order valence-electron chi connectivity index (χ4n) is 1.66. The van der Waals surface area contributed by atoms with E-state index in [0.717, 1.165) is 23.0 Å². The van der Waals surface area contributed by atoms with Crippen LogP contribution in [0.25, 0.3) is 0 Å². The van der Waals surface area contributed by atoms with Gasteiger partial charge in [-0.15, -0.1) is 23.5 Å². The smallest absolute Gasteiger partial charge is 0.118 e. The second kappa shape index (κ2) is 8.12. The van der Waals surface area contributed by atoms with E-state index in [1.54, 1.807) is 14.2 Å². The van der Waals surface area contributed by atoms with Gasteiger partial charge < -0.3 is 9.47 Å². The van der Waals surface area contributed by atoms with E-state index in [-0.39, 0.29) is 0 Å². The fraction of sp³-hybridized carbons (Fsp3) is 0.250. The summed E-state index contributed by atoms with van der Waals surface area (Å²) in [7, 11) is 3.38. The lowest BCUT2D eigenvalue weighted by molar-refractivity contribution is 0.414. The van der Waals surface area contributed by atoms with Gasteiger partial charge in [0.05, 0.1) is 14.2 Å². The molecule has 0 aliphatic carbocycles. The monoisotopic (exact) mass is 306 g/mol. The van der Waals surface area contributed by atoms with Gasteiger partial charge in [-0.05, 0) is 48.5 Å². The molecule has 0 atom stereocenters. The van der Waals surface area contributed by atoms with Crippen molar-refractivity contribution in [1.82, 2.24) is 0 Å². The van der Waals surface area contributed by atoms with E-state index < -0.39 is 0 Å². The SMILES string of the molecule is COc1ccc(SCCSc2ccc(OC)cc2)cc1. The van der Waals surface area contributed by atoms with Crippen molar-refractivity contribution in [2.75, 3.05) is 25.7 Å². The van der Waals surface area contributed by atoms with Gasteiger partial charge in [0.1, 0.15) is 11.5 Å². The van der Waals surface area contributed by atoms with Crippen LogP contribution in [0.1, 0.15) is 0 Å². The summed E-state index contributed by atoms with van der Waals surface area (Å²) < 4.78 is 10.3. The Morgan fingerprint density at radius 2 is 1.00 bits per heavy atom. The average molecular weight is 306 g/mol. The molecule has 20 heavy (non-hydrogen) atoms. The molecule has 0 N–H and O–H groups in total. The highest BCUT2D eigenvalue weighted by molar-refractivity contribution is 8.03. The van der Waals surface area contributed by atoms with E-state index in [1.165, 1.54) is 9.79 Å². The molecular formula is C16H18O2S2. The molecule has 0 saturated heterocycles. The predicted molar refractivity (Wildman–Crippen MR) is 87.4 cm³/mol. The largest absolute Gasteiger partial charge is 0.497 e. The number of thioether (sulfide) groups is 2. The topological polar surface area (TPSA) is 18.5 Å². The summed E-state index contributed by atoms with van der Waals surface area (Å²) >= 11 is 3.73. The summed E-state index contributed by atoms with van der Waals surface area (Å²) in [6, 6.07) is 16.4. The van der Waals surface area contributed by atoms with Crippen molar-refractivity contribution in [3.05, 3.63) is 48.5 Å². The summed E-state index contributed by atoms with van der Waals surface area (Å²) in [6.45, 7) is 0. The van der Waals surface area contributed by atoms with Crippen LogP contribution in [0.3, 0.4) is 0 Å². The molecule has 0 aromatic heterocycles. The van der Waals surface area contributed by atoms with Crippen molar-refractivity contribution in [2.45, 2.75) is 9.79 Å². The molecule has 2 aromatic rings. The highest BCUT2D eigenvalue weighted by atomic mass is 32.2. The molecule has 0 aliphatic rings. The summed E-state index contributed by atoms with van der Waals surface area (Å²) in [5, 5.41) is 0. The van der Waals surface area contributed by atoms with Crippen molar-refractivity contribution in [3.63, 3.8) is 0 Å². The minimum atomic E-state index is 0.905. The van der Waals surface area contributed by atoms with Crippen LogP contribution in [0.15, 0.2) is 58.3 Å². The van der Waals surface area contributed by atoms with Crippen molar-refractivity contribution < 1.29 is 9.47 Å². The van der Waals surface area contributed by atoms with Crippen LogP contribution in [0.5, 0.6) is 11.5 Å². The van der Waals surface area contributed by atoms with Gasteiger partial charge in [0.15, 0.2) is 0 Å². The van der Waals surface area contributed by atoms with Gasteiger partial charge in [0.25, 0.3) is 0 Å². The van der Waals surface area contributed by atoms with Gasteiger partial charge in [-0.25, -0.2) is 0 Å². The normalized spacial score (nSPS) is 10.3. The Hall–Kier alpha value is -1.26. The summed E-state index contributed by atoms with van der Waals surface area (Å²) in [5.41, 5.74) is 0. The van der Waals surface area contributed by atoms with E-state index in [2.05, 4.69) is 24.3 Å². The van der Waals surface area contributed by atoms with Crippen molar-refractivity contribution >= 4 is 23.5 Å². The summed E-state index contributed by atoms with van der Waals surface area (Å²) in [5.74, 6) is 3.98. The third kappa shape index (κ3) is 4.69. The van der Waals surface area contributed by atoms with E-state index in [9.17, 15) is 0 Å². The fourth-order valence-corrected chi connectivity index (χ4v) is 3.46. The van der Waals surface area contributed by atoms with Gasteiger partial charge >= 0.3 is 0 Å². The zero-order valence-electron chi connectivity index (χ0n) is 11.7. The first kappa shape index (κ1) is 15.1. The first-order valence-electron chi connectivity index (χ1n) is 6.35. The molecule has 2 aromatic carbocycles. The van der Waals surface area contributed by atoms with Crippen molar-refractivity contribution in [3.8, 4) is 11.5 Å². The van der Waals surface area contributed by atoms with Crippen LogP contribution in [0.4, 0.5) is 0 Å². The lowest BCUT2D eigenvalue weighted by Crippen LogP contribution is -1.86. The number of benzene rings is 2. The van der Waals surface area contributed by atoms with Crippen LogP contribution in [-0.2, 0) is 0 Å². The molecule has 0 amide bonds. The van der Waals surface area contributed by atoms with Crippen LogP contribution in [-0.4, -0.2) is 25.7 Å². The first-order chi connectivity index (χ1) is 9.81. The summed E-state index contributed by atoms with van der Waals surface area (Å²) in [6.07, 6.45) is 0. The number of rotatable bonds is 7. The summed E-state index contributed by atoms with van der Waals surface area (Å²) in [4.78, 5) is 2.56. The predicted octanol–water partition coefficient (Wildman–Crippen LogP) is 4.59. The Morgan fingerprint density at radius 3 is 1.30 bits per heavy atom. The first-order valence-corrected chi connectivity index (χ1v) is 8.32. The van der Waals surface area contributed by atoms with Crippen molar-refractivity contribution in [2.24, 2.45) is 0 Å².